The fraction of sp³-hybridized carbons (Fsp3) is 0.800. The molecule has 1 aliphatic rings. The highest BCUT2D eigenvalue weighted by Crippen LogP contribution is 2.13. The molecule has 2 amide bonds. The molecule has 1 rings (SSSR count). The number of nitrogens with one attached hydrogen (secondary N) is 1. The molecule has 0 spiro atoms. The number of rotatable bonds is 8. The van der Waals surface area contributed by atoms with Crippen LogP contribution in [0, 0.1) is 0 Å². The van der Waals surface area contributed by atoms with Gasteiger partial charge in [-0.25, -0.2) is 0 Å². The molecule has 0 aromatic heterocycles. The van der Waals surface area contributed by atoms with Crippen LogP contribution in [-0.2, 0) is 19.1 Å². The Labute approximate surface area is 126 Å². The molecule has 0 aromatic rings. The average molecular weight is 298 g/mol. The summed E-state index contributed by atoms with van der Waals surface area (Å²) in [5.41, 5.74) is 0. The molecule has 21 heavy (non-hydrogen) atoms. The lowest BCUT2D eigenvalue weighted by Gasteiger charge is -2.34. The highest BCUT2D eigenvalue weighted by Gasteiger charge is 2.34. The monoisotopic (exact) mass is 298 g/mol. The molecule has 0 aromatic carbocycles. The summed E-state index contributed by atoms with van der Waals surface area (Å²) < 4.78 is 5.01. The molecule has 0 saturated carbocycles. The molecule has 1 N–H and O–H groups in total. The van der Waals surface area contributed by atoms with Crippen molar-refractivity contribution in [2.45, 2.75) is 58.4 Å². The van der Waals surface area contributed by atoms with E-state index in [4.69, 9.17) is 4.74 Å². The van der Waals surface area contributed by atoms with Crippen molar-refractivity contribution in [3.05, 3.63) is 0 Å². The molecule has 1 heterocycles. The van der Waals surface area contributed by atoms with Crippen molar-refractivity contribution in [3.8, 4) is 0 Å². The second kappa shape index (κ2) is 9.37. The minimum Gasteiger partial charge on any atom is -0.466 e. The predicted octanol–water partition coefficient (Wildman–Crippen LogP) is 1.24. The van der Waals surface area contributed by atoms with Crippen molar-refractivity contribution in [3.63, 3.8) is 0 Å². The summed E-state index contributed by atoms with van der Waals surface area (Å²) in [5.74, 6) is -0.740. The van der Waals surface area contributed by atoms with Gasteiger partial charge in [-0.1, -0.05) is 26.7 Å². The molecule has 0 radical (unpaired) electrons. The normalized spacial score (nSPS) is 18.3. The second-order valence-electron chi connectivity index (χ2n) is 5.28. The summed E-state index contributed by atoms with van der Waals surface area (Å²) in [6.07, 6.45) is 3.96. The third kappa shape index (κ3) is 5.73. The van der Waals surface area contributed by atoms with Crippen molar-refractivity contribution in [1.82, 2.24) is 10.2 Å². The van der Waals surface area contributed by atoms with E-state index in [1.165, 1.54) is 4.90 Å². The van der Waals surface area contributed by atoms with Crippen LogP contribution in [-0.4, -0.2) is 48.4 Å². The Morgan fingerprint density at radius 1 is 1.29 bits per heavy atom. The lowest BCUT2D eigenvalue weighted by Crippen LogP contribution is -2.57. The largest absolute Gasteiger partial charge is 0.466 e. The minimum absolute atomic E-state index is 0.0495. The van der Waals surface area contributed by atoms with Crippen LogP contribution in [0.5, 0.6) is 0 Å². The Bertz CT molecular complexity index is 371. The topological polar surface area (TPSA) is 75.7 Å². The van der Waals surface area contributed by atoms with Gasteiger partial charge in [0, 0.05) is 19.5 Å². The van der Waals surface area contributed by atoms with E-state index < -0.39 is 12.0 Å². The van der Waals surface area contributed by atoms with Crippen molar-refractivity contribution >= 4 is 17.8 Å². The Hall–Kier alpha value is -1.59. The lowest BCUT2D eigenvalue weighted by molar-refractivity contribution is -0.152. The highest BCUT2D eigenvalue weighted by atomic mass is 16.5. The summed E-state index contributed by atoms with van der Waals surface area (Å²) in [5, 5.41) is 2.71. The van der Waals surface area contributed by atoms with Crippen LogP contribution >= 0.6 is 0 Å². The molecule has 120 valence electrons. The third-order valence-corrected chi connectivity index (χ3v) is 3.47. The zero-order valence-corrected chi connectivity index (χ0v) is 13.0. The van der Waals surface area contributed by atoms with E-state index in [0.29, 0.717) is 26.1 Å². The van der Waals surface area contributed by atoms with Gasteiger partial charge in [-0.3, -0.25) is 14.4 Å². The first kappa shape index (κ1) is 17.5. The maximum atomic E-state index is 12.2. The Morgan fingerprint density at radius 2 is 2.05 bits per heavy atom. The van der Waals surface area contributed by atoms with E-state index in [1.807, 2.05) is 6.92 Å². The van der Waals surface area contributed by atoms with Gasteiger partial charge < -0.3 is 15.0 Å². The van der Waals surface area contributed by atoms with E-state index in [-0.39, 0.29) is 18.2 Å². The van der Waals surface area contributed by atoms with E-state index in [9.17, 15) is 14.4 Å². The first-order chi connectivity index (χ1) is 10.1. The third-order valence-electron chi connectivity index (χ3n) is 3.47. The average Bonchev–Trinajstić information content (AvgIpc) is 2.47. The molecule has 0 unspecified atom stereocenters. The number of carbonyl (C=O) groups excluding carboxylic acids is 3. The van der Waals surface area contributed by atoms with Crippen LogP contribution in [0.1, 0.15) is 52.4 Å². The number of hydrogen-bond acceptors (Lipinski definition) is 4. The van der Waals surface area contributed by atoms with Crippen molar-refractivity contribution < 1.29 is 19.1 Å². The summed E-state index contributed by atoms with van der Waals surface area (Å²) in [6.45, 7) is 5.23. The minimum atomic E-state index is -0.725. The van der Waals surface area contributed by atoms with Crippen LogP contribution < -0.4 is 5.32 Å². The quantitative estimate of drug-likeness (QED) is 0.540. The maximum absolute atomic E-state index is 12.2. The molecule has 6 heteroatoms. The second-order valence-corrected chi connectivity index (χ2v) is 5.28. The van der Waals surface area contributed by atoms with Gasteiger partial charge in [0.1, 0.15) is 6.04 Å². The van der Waals surface area contributed by atoms with Crippen molar-refractivity contribution in [2.75, 3.05) is 19.7 Å². The molecule has 6 nitrogen and oxygen atoms in total. The van der Waals surface area contributed by atoms with Crippen LogP contribution in [0.3, 0.4) is 0 Å². The van der Waals surface area contributed by atoms with Gasteiger partial charge in [-0.2, -0.15) is 0 Å². The molecule has 1 atom stereocenters. The number of hydrogen-bond donors (Lipinski definition) is 1. The van der Waals surface area contributed by atoms with Crippen molar-refractivity contribution in [1.29, 1.82) is 0 Å². The molecule has 1 fully saturated rings. The van der Waals surface area contributed by atoms with E-state index in [1.54, 1.807) is 0 Å². The van der Waals surface area contributed by atoms with Crippen LogP contribution in [0.15, 0.2) is 0 Å². The van der Waals surface area contributed by atoms with Crippen molar-refractivity contribution in [2.24, 2.45) is 0 Å². The molecular formula is C15H26N2O4. The number of unbranched alkanes of at least 4 members (excludes halogenated alkanes) is 2. The summed E-state index contributed by atoms with van der Waals surface area (Å²) in [6, 6.07) is -0.725. The first-order valence-corrected chi connectivity index (χ1v) is 7.83. The van der Waals surface area contributed by atoms with Gasteiger partial charge in [0.25, 0.3) is 0 Å². The maximum Gasteiger partial charge on any atom is 0.308 e. The van der Waals surface area contributed by atoms with Crippen LogP contribution in [0.2, 0.25) is 0 Å². The van der Waals surface area contributed by atoms with Gasteiger partial charge in [0.15, 0.2) is 0 Å². The molecule has 0 bridgehead atoms. The van der Waals surface area contributed by atoms with Gasteiger partial charge in [0.2, 0.25) is 11.8 Å². The Kier molecular flexibility index (Phi) is 7.79. The summed E-state index contributed by atoms with van der Waals surface area (Å²) >= 11 is 0. The number of nitrogens with zero attached hydrogens (tertiary/aromatic N) is 1. The fourth-order valence-corrected chi connectivity index (χ4v) is 2.32. The van der Waals surface area contributed by atoms with E-state index >= 15 is 0 Å². The molecule has 1 saturated heterocycles. The summed E-state index contributed by atoms with van der Waals surface area (Å²) in [7, 11) is 0. The highest BCUT2D eigenvalue weighted by molar-refractivity contribution is 5.91. The smallest absolute Gasteiger partial charge is 0.308 e. The van der Waals surface area contributed by atoms with Crippen LogP contribution in [0.4, 0.5) is 0 Å². The van der Waals surface area contributed by atoms with E-state index in [0.717, 1.165) is 25.7 Å². The predicted molar refractivity (Wildman–Crippen MR) is 78.5 cm³/mol. The van der Waals surface area contributed by atoms with Gasteiger partial charge in [-0.05, 0) is 12.8 Å². The SMILES string of the molecule is CCCCCC(=O)N1CCNC(=O)[C@@H]1CC(=O)OCCC. The number of amides is 2. The zero-order valence-electron chi connectivity index (χ0n) is 13.0. The Balaban J connectivity index is 2.59. The van der Waals surface area contributed by atoms with Gasteiger partial charge in [0.05, 0.1) is 13.0 Å². The van der Waals surface area contributed by atoms with Crippen LogP contribution in [0.25, 0.3) is 0 Å². The molecular weight excluding hydrogens is 272 g/mol. The number of piperazine rings is 1. The standard InChI is InChI=1S/C15H26N2O4/c1-3-5-6-7-13(18)17-9-8-16-15(20)12(17)11-14(19)21-10-4-2/h12H,3-11H2,1-2H3,(H,16,20)/t12-/m0/s1. The Morgan fingerprint density at radius 3 is 2.71 bits per heavy atom. The molecule has 0 aliphatic carbocycles. The van der Waals surface area contributed by atoms with Gasteiger partial charge >= 0.3 is 5.97 Å². The fourth-order valence-electron chi connectivity index (χ4n) is 2.32. The first-order valence-electron chi connectivity index (χ1n) is 7.83. The molecule has 1 aliphatic heterocycles. The number of esters is 1. The summed E-state index contributed by atoms with van der Waals surface area (Å²) in [4.78, 5) is 37.4. The van der Waals surface area contributed by atoms with Gasteiger partial charge in [-0.15, -0.1) is 0 Å². The lowest BCUT2D eigenvalue weighted by atomic mass is 10.1. The number of carbonyl (C=O) groups is 3. The number of ether oxygens (including phenoxy) is 1. The van der Waals surface area contributed by atoms with E-state index in [2.05, 4.69) is 12.2 Å². The zero-order chi connectivity index (χ0) is 15.7.